The number of pyridine rings is 1. The van der Waals surface area contributed by atoms with Gasteiger partial charge in [0.05, 0.1) is 42.2 Å². The third kappa shape index (κ3) is 5.19. The van der Waals surface area contributed by atoms with Crippen LogP contribution < -0.4 is 9.97 Å². The average Bonchev–Trinajstić information content (AvgIpc) is 3.77. The van der Waals surface area contributed by atoms with Crippen LogP contribution in [0.4, 0.5) is 0 Å². The van der Waals surface area contributed by atoms with Gasteiger partial charge in [-0.25, -0.2) is 19.7 Å². The number of fused-ring (bicyclic) bond motifs is 9. The second-order valence-electron chi connectivity index (χ2n) is 12.0. The summed E-state index contributed by atoms with van der Waals surface area (Å²) >= 11 is 0. The fourth-order valence-corrected chi connectivity index (χ4v) is 7.01. The summed E-state index contributed by atoms with van der Waals surface area (Å²) in [7, 11) is 2.74. The van der Waals surface area contributed by atoms with Gasteiger partial charge < -0.3 is 19.4 Å². The molecule has 7 rings (SSSR count). The molecule has 0 unspecified atom stereocenters. The fourth-order valence-electron chi connectivity index (χ4n) is 7.01. The van der Waals surface area contributed by atoms with Crippen LogP contribution in [0.2, 0.25) is 0 Å². The number of methoxy groups -OCH3 is 2. The molecule has 1 aliphatic rings. The summed E-state index contributed by atoms with van der Waals surface area (Å²) in [5.41, 5.74) is 13.7. The van der Waals surface area contributed by atoms with Gasteiger partial charge in [0.1, 0.15) is 5.69 Å². The summed E-state index contributed by atoms with van der Waals surface area (Å²) in [6.07, 6.45) is 2.29. The Hall–Kier alpha value is -4.82. The van der Waals surface area contributed by atoms with E-state index in [9.17, 15) is 9.59 Å². The van der Waals surface area contributed by atoms with Gasteiger partial charge in [0.25, 0.3) is 0 Å². The van der Waals surface area contributed by atoms with Crippen LogP contribution in [0, 0.1) is 13.8 Å². The molecule has 0 N–H and O–H groups in total. The number of nitrogens with zero attached hydrogens (tertiary/aromatic N) is 5. The van der Waals surface area contributed by atoms with E-state index >= 15 is 0 Å². The largest absolute Gasteiger partial charge is 2.00 e. The van der Waals surface area contributed by atoms with Crippen molar-refractivity contribution in [3.05, 3.63) is 75.7 Å². The van der Waals surface area contributed by atoms with E-state index < -0.39 is 5.97 Å². The first-order valence-electron chi connectivity index (χ1n) is 15.9. The zero-order valence-corrected chi connectivity index (χ0v) is 29.0. The Morgan fingerprint density at radius 3 is 2.21 bits per heavy atom. The number of aryl methyl sites for hydroxylation is 4. The molecule has 0 spiro atoms. The minimum Gasteiger partial charge on any atom is -0.657 e. The number of benzene rings is 1. The van der Waals surface area contributed by atoms with Gasteiger partial charge in [-0.05, 0) is 68.7 Å². The van der Waals surface area contributed by atoms with E-state index in [0.717, 1.165) is 84.7 Å². The standard InChI is InChI=1S/C38H36N5O4.Ni/c1-8-21-18(3)27-16-30-22(9-2)20(5)36(42-30)24-10-12-26-35-25(14-33(39-26)38(45)47-7)32(43-37(24)35)17-31-23(11-13-34(44)46-6)19(4)28(41-31)15-29(21)40-27;/h10,12,14-17H,8-9,11,13H2,1-7H3,(H-,39,40,41,42,43,45);/q-1;+2/p-1. The molecule has 0 saturated heterocycles. The Morgan fingerprint density at radius 2 is 1.50 bits per heavy atom. The molecule has 0 amide bonds. The van der Waals surface area contributed by atoms with Gasteiger partial charge in [0.15, 0.2) is 0 Å². The number of hydrogen-bond donors (Lipinski definition) is 0. The maximum atomic E-state index is 12.7. The smallest absolute Gasteiger partial charge is 0.657 e. The van der Waals surface area contributed by atoms with E-state index in [1.54, 1.807) is 6.07 Å². The Labute approximate surface area is 287 Å². The molecule has 9 nitrogen and oxygen atoms in total. The van der Waals surface area contributed by atoms with E-state index in [2.05, 4.69) is 38.7 Å². The summed E-state index contributed by atoms with van der Waals surface area (Å²) in [4.78, 5) is 50.3. The maximum Gasteiger partial charge on any atom is 2.00 e. The number of carbonyl (C=O) groups is 2. The second-order valence-corrected chi connectivity index (χ2v) is 12.0. The monoisotopic (exact) mass is 683 g/mol. The van der Waals surface area contributed by atoms with Gasteiger partial charge in [-0.15, -0.1) is 22.1 Å². The molecule has 6 aromatic rings. The molecular formula is C38H35N5NiO4. The van der Waals surface area contributed by atoms with E-state index in [1.807, 2.05) is 31.2 Å². The van der Waals surface area contributed by atoms with E-state index in [0.29, 0.717) is 23.0 Å². The van der Waals surface area contributed by atoms with Crippen molar-refractivity contribution in [1.29, 1.82) is 0 Å². The topological polar surface area (TPSA) is 119 Å². The Kier molecular flexibility index (Phi) is 8.73. The van der Waals surface area contributed by atoms with Crippen LogP contribution in [0.15, 0.2) is 36.4 Å². The van der Waals surface area contributed by atoms with Crippen LogP contribution in [0.3, 0.4) is 0 Å². The van der Waals surface area contributed by atoms with Gasteiger partial charge in [-0.3, -0.25) is 4.79 Å². The van der Waals surface area contributed by atoms with Crippen LogP contribution in [0.1, 0.15) is 77.7 Å². The molecule has 48 heavy (non-hydrogen) atoms. The van der Waals surface area contributed by atoms with E-state index in [4.69, 9.17) is 29.4 Å². The normalized spacial score (nSPS) is 12.3. The number of aromatic nitrogens is 5. The molecule has 0 radical (unpaired) electrons. The van der Waals surface area contributed by atoms with Gasteiger partial charge in [-0.1, -0.05) is 60.4 Å². The van der Waals surface area contributed by atoms with Crippen molar-refractivity contribution in [2.24, 2.45) is 0 Å². The third-order valence-electron chi connectivity index (χ3n) is 9.56. The van der Waals surface area contributed by atoms with Gasteiger partial charge in [0.2, 0.25) is 0 Å². The summed E-state index contributed by atoms with van der Waals surface area (Å²) in [5, 5.41) is 2.50. The SMILES string of the molecule is CCC1=C(C)c2cc3[n-]c(c(C)c3CC)c3ccc4nc(C(=O)OC)cc5c(cc6[n-]c(cc1n2)c(C)c6CCC(=O)OC)nc3c45.[Ni+2]. The van der Waals surface area contributed by atoms with Crippen molar-refractivity contribution in [2.75, 3.05) is 14.2 Å². The van der Waals surface area contributed by atoms with Crippen LogP contribution in [0.5, 0.6) is 0 Å². The molecular weight excluding hydrogens is 649 g/mol. The second kappa shape index (κ2) is 12.7. The van der Waals surface area contributed by atoms with E-state index in [1.165, 1.54) is 25.4 Å². The van der Waals surface area contributed by atoms with Crippen molar-refractivity contribution in [1.82, 2.24) is 24.9 Å². The summed E-state index contributed by atoms with van der Waals surface area (Å²) in [5.74, 6) is -0.819. The first-order chi connectivity index (χ1) is 22.7. The number of rotatable bonds is 6. The molecule has 0 fully saturated rings. The minimum absolute atomic E-state index is 0. The van der Waals surface area contributed by atoms with Crippen molar-refractivity contribution in [3.63, 3.8) is 0 Å². The molecule has 8 bridgehead atoms. The van der Waals surface area contributed by atoms with Crippen LogP contribution in [0.25, 0.3) is 65.9 Å². The van der Waals surface area contributed by atoms with Crippen molar-refractivity contribution in [2.45, 2.75) is 60.3 Å². The van der Waals surface area contributed by atoms with Gasteiger partial charge >= 0.3 is 28.4 Å². The number of esters is 2. The van der Waals surface area contributed by atoms with Crippen LogP contribution in [-0.2, 0) is 43.6 Å². The molecule has 0 atom stereocenters. The van der Waals surface area contributed by atoms with Crippen molar-refractivity contribution < 1.29 is 35.6 Å². The molecule has 0 aliphatic carbocycles. The van der Waals surface area contributed by atoms with Crippen molar-refractivity contribution >= 4 is 77.9 Å². The average molecular weight is 684 g/mol. The van der Waals surface area contributed by atoms with Crippen molar-refractivity contribution in [3.8, 4) is 0 Å². The third-order valence-corrected chi connectivity index (χ3v) is 9.56. The Balaban J connectivity index is 0.00000401. The molecule has 246 valence electrons. The molecule has 5 aromatic heterocycles. The van der Waals surface area contributed by atoms with Gasteiger partial charge in [0, 0.05) is 17.2 Å². The minimum atomic E-state index is -0.527. The quantitative estimate of drug-likeness (QED) is 0.131. The fraction of sp³-hybridized carbons (Fsp3) is 0.289. The van der Waals surface area contributed by atoms with Gasteiger partial charge in [-0.2, -0.15) is 0 Å². The Bertz CT molecular complexity index is 2440. The first-order valence-corrected chi connectivity index (χ1v) is 15.9. The van der Waals surface area contributed by atoms with Crippen LogP contribution in [-0.4, -0.2) is 41.1 Å². The predicted octanol–water partition coefficient (Wildman–Crippen LogP) is 7.40. The number of carbonyl (C=O) groups excluding carboxylic acids is 2. The first kappa shape index (κ1) is 33.1. The zero-order valence-electron chi connectivity index (χ0n) is 28.0. The predicted molar refractivity (Wildman–Crippen MR) is 185 cm³/mol. The number of allylic oxidation sites excluding steroid dienone is 2. The van der Waals surface area contributed by atoms with Crippen LogP contribution >= 0.6 is 0 Å². The number of hydrogen-bond acceptors (Lipinski definition) is 7. The zero-order chi connectivity index (χ0) is 33.1. The molecule has 0 saturated carbocycles. The molecule has 10 heteroatoms. The molecule has 6 heterocycles. The molecule has 1 aliphatic heterocycles. The summed E-state index contributed by atoms with van der Waals surface area (Å²) in [6, 6.07) is 11.7. The Morgan fingerprint density at radius 1 is 0.750 bits per heavy atom. The molecule has 1 aromatic carbocycles. The maximum absolute atomic E-state index is 12.7. The summed E-state index contributed by atoms with van der Waals surface area (Å²) in [6.45, 7) is 10.6. The number of ether oxygens (including phenoxy) is 2. The van der Waals surface area contributed by atoms with E-state index in [-0.39, 0.29) is 34.6 Å². The summed E-state index contributed by atoms with van der Waals surface area (Å²) < 4.78 is 10.0.